The van der Waals surface area contributed by atoms with Crippen molar-refractivity contribution < 1.29 is 4.92 Å². The topological polar surface area (TPSA) is 85.9 Å². The van der Waals surface area contributed by atoms with Gasteiger partial charge in [-0.15, -0.1) is 0 Å². The Bertz CT molecular complexity index is 882. The number of hydrogen-bond donors (Lipinski definition) is 1. The van der Waals surface area contributed by atoms with Gasteiger partial charge < -0.3 is 5.32 Å². The maximum absolute atomic E-state index is 10.8. The molecule has 0 aliphatic heterocycles. The van der Waals surface area contributed by atoms with Gasteiger partial charge in [0.1, 0.15) is 12.0 Å². The van der Waals surface area contributed by atoms with E-state index in [0.29, 0.717) is 16.8 Å². The quantitative estimate of drug-likeness (QED) is 0.494. The normalized spacial score (nSPS) is 11.9. The van der Waals surface area contributed by atoms with Crippen molar-refractivity contribution in [3.63, 3.8) is 0 Å². The number of benzene rings is 1. The molecule has 2 heterocycles. The van der Waals surface area contributed by atoms with Gasteiger partial charge in [-0.3, -0.25) is 14.8 Å². The van der Waals surface area contributed by atoms with Crippen molar-refractivity contribution in [1.82, 2.24) is 14.8 Å². The Morgan fingerprint density at radius 2 is 2.08 bits per heavy atom. The second-order valence-corrected chi connectivity index (χ2v) is 6.46. The molecule has 0 bridgehead atoms. The SMILES string of the molecule is CC(Nc1ncc([N+](=O)[O-])cc1Br)c1cnn(Cc2ccccc2)c1. The van der Waals surface area contributed by atoms with Gasteiger partial charge in [0.2, 0.25) is 0 Å². The van der Waals surface area contributed by atoms with Gasteiger partial charge in [-0.05, 0) is 28.4 Å². The molecule has 0 fully saturated rings. The first-order valence-corrected chi connectivity index (χ1v) is 8.45. The third-order valence-electron chi connectivity index (χ3n) is 3.73. The molecule has 0 aliphatic rings. The third-order valence-corrected chi connectivity index (χ3v) is 4.34. The van der Waals surface area contributed by atoms with E-state index in [-0.39, 0.29) is 11.7 Å². The van der Waals surface area contributed by atoms with Crippen molar-refractivity contribution in [3.05, 3.63) is 80.7 Å². The van der Waals surface area contributed by atoms with Gasteiger partial charge in [0.25, 0.3) is 5.69 Å². The lowest BCUT2D eigenvalue weighted by Gasteiger charge is -2.13. The summed E-state index contributed by atoms with van der Waals surface area (Å²) >= 11 is 3.32. The van der Waals surface area contributed by atoms with E-state index in [2.05, 4.69) is 43.5 Å². The molecule has 3 rings (SSSR count). The number of aromatic nitrogens is 3. The zero-order chi connectivity index (χ0) is 17.8. The van der Waals surface area contributed by atoms with Gasteiger partial charge in [-0.25, -0.2) is 4.98 Å². The molecule has 8 heteroatoms. The fourth-order valence-corrected chi connectivity index (χ4v) is 2.83. The fraction of sp³-hybridized carbons (Fsp3) is 0.176. The first-order chi connectivity index (χ1) is 12.0. The molecule has 0 saturated carbocycles. The minimum absolute atomic E-state index is 0.0465. The van der Waals surface area contributed by atoms with E-state index >= 15 is 0 Å². The van der Waals surface area contributed by atoms with Crippen molar-refractivity contribution in [2.45, 2.75) is 19.5 Å². The summed E-state index contributed by atoms with van der Waals surface area (Å²) in [7, 11) is 0. The van der Waals surface area contributed by atoms with Gasteiger partial charge in [0, 0.05) is 17.8 Å². The van der Waals surface area contributed by atoms with Crippen LogP contribution in [0.25, 0.3) is 0 Å². The van der Waals surface area contributed by atoms with Crippen LogP contribution in [0.1, 0.15) is 24.1 Å². The molecule has 1 N–H and O–H groups in total. The maximum atomic E-state index is 10.8. The van der Waals surface area contributed by atoms with Gasteiger partial charge in [-0.1, -0.05) is 30.3 Å². The summed E-state index contributed by atoms with van der Waals surface area (Å²) in [6.07, 6.45) is 5.02. The monoisotopic (exact) mass is 401 g/mol. The van der Waals surface area contributed by atoms with Crippen LogP contribution < -0.4 is 5.32 Å². The largest absolute Gasteiger partial charge is 0.362 e. The van der Waals surface area contributed by atoms with Gasteiger partial charge in [-0.2, -0.15) is 5.10 Å². The number of rotatable bonds is 6. The van der Waals surface area contributed by atoms with Crippen LogP contribution in [0.2, 0.25) is 0 Å². The minimum atomic E-state index is -0.474. The standard InChI is InChI=1S/C17H16BrN5O2/c1-12(21-17-16(18)7-15(9-19-17)23(24)25)14-8-20-22(11-14)10-13-5-3-2-4-6-13/h2-9,11-12H,10H2,1H3,(H,19,21). The summed E-state index contributed by atoms with van der Waals surface area (Å²) in [5.74, 6) is 0.550. The zero-order valence-corrected chi connectivity index (χ0v) is 15.0. The van der Waals surface area contributed by atoms with Gasteiger partial charge in [0.15, 0.2) is 0 Å². The highest BCUT2D eigenvalue weighted by atomic mass is 79.9. The van der Waals surface area contributed by atoms with Crippen LogP contribution >= 0.6 is 15.9 Å². The minimum Gasteiger partial charge on any atom is -0.362 e. The zero-order valence-electron chi connectivity index (χ0n) is 13.5. The number of anilines is 1. The molecule has 128 valence electrons. The van der Waals surface area contributed by atoms with E-state index in [9.17, 15) is 10.1 Å². The highest BCUT2D eigenvalue weighted by Crippen LogP contribution is 2.27. The highest BCUT2D eigenvalue weighted by molar-refractivity contribution is 9.10. The van der Waals surface area contributed by atoms with Gasteiger partial charge >= 0.3 is 0 Å². The van der Waals surface area contributed by atoms with Crippen molar-refractivity contribution >= 4 is 27.4 Å². The summed E-state index contributed by atoms with van der Waals surface area (Å²) in [6, 6.07) is 11.5. The average Bonchev–Trinajstić information content (AvgIpc) is 3.06. The Balaban J connectivity index is 1.69. The van der Waals surface area contributed by atoms with E-state index in [0.717, 1.165) is 5.56 Å². The number of pyridine rings is 1. The van der Waals surface area contributed by atoms with Crippen LogP contribution in [-0.2, 0) is 6.54 Å². The molecule has 3 aromatic rings. The molecule has 0 radical (unpaired) electrons. The van der Waals surface area contributed by atoms with Gasteiger partial charge in [0.05, 0.1) is 28.2 Å². The summed E-state index contributed by atoms with van der Waals surface area (Å²) in [4.78, 5) is 14.4. The smallest absolute Gasteiger partial charge is 0.288 e. The Morgan fingerprint density at radius 1 is 1.32 bits per heavy atom. The summed E-state index contributed by atoms with van der Waals surface area (Å²) in [5, 5.41) is 18.4. The third kappa shape index (κ3) is 4.21. The highest BCUT2D eigenvalue weighted by Gasteiger charge is 2.14. The van der Waals surface area contributed by atoms with Crippen molar-refractivity contribution in [2.24, 2.45) is 0 Å². The van der Waals surface area contributed by atoms with E-state index in [1.54, 1.807) is 6.20 Å². The molecule has 1 atom stereocenters. The maximum Gasteiger partial charge on any atom is 0.288 e. The molecule has 0 aliphatic carbocycles. The molecule has 7 nitrogen and oxygen atoms in total. The van der Waals surface area contributed by atoms with Crippen molar-refractivity contribution in [3.8, 4) is 0 Å². The first kappa shape index (κ1) is 17.1. The summed E-state index contributed by atoms with van der Waals surface area (Å²) < 4.78 is 2.42. The molecule has 1 aromatic carbocycles. The summed E-state index contributed by atoms with van der Waals surface area (Å²) in [6.45, 7) is 2.69. The lowest BCUT2D eigenvalue weighted by molar-refractivity contribution is -0.385. The number of nitrogens with one attached hydrogen (secondary N) is 1. The first-order valence-electron chi connectivity index (χ1n) is 7.65. The summed E-state index contributed by atoms with van der Waals surface area (Å²) in [5.41, 5.74) is 2.13. The Morgan fingerprint density at radius 3 is 2.76 bits per heavy atom. The molecule has 0 spiro atoms. The molecule has 0 amide bonds. The molecule has 0 saturated heterocycles. The fourth-order valence-electron chi connectivity index (χ4n) is 2.38. The Hall–Kier alpha value is -2.74. The Labute approximate surface area is 153 Å². The Kier molecular flexibility index (Phi) is 5.08. The lowest BCUT2D eigenvalue weighted by Crippen LogP contribution is -2.08. The van der Waals surface area contributed by atoms with Crippen LogP contribution in [0.3, 0.4) is 0 Å². The number of nitrogens with zero attached hydrogens (tertiary/aromatic N) is 4. The van der Waals surface area contributed by atoms with Crippen LogP contribution in [0.15, 0.2) is 59.5 Å². The van der Waals surface area contributed by atoms with Crippen LogP contribution in [0, 0.1) is 10.1 Å². The molecule has 1 unspecified atom stereocenters. The van der Waals surface area contributed by atoms with E-state index < -0.39 is 4.92 Å². The van der Waals surface area contributed by atoms with Crippen molar-refractivity contribution in [1.29, 1.82) is 0 Å². The lowest BCUT2D eigenvalue weighted by atomic mass is 10.2. The average molecular weight is 402 g/mol. The number of halogens is 1. The van der Waals surface area contributed by atoms with E-state index in [1.165, 1.54) is 17.8 Å². The van der Waals surface area contributed by atoms with Crippen LogP contribution in [0.4, 0.5) is 11.5 Å². The number of hydrogen-bond acceptors (Lipinski definition) is 5. The molecule has 25 heavy (non-hydrogen) atoms. The molecule has 2 aromatic heterocycles. The predicted molar refractivity (Wildman–Crippen MR) is 98.4 cm³/mol. The second kappa shape index (κ2) is 7.43. The molecular weight excluding hydrogens is 386 g/mol. The van der Waals surface area contributed by atoms with E-state index in [1.807, 2.05) is 36.0 Å². The number of nitro groups is 1. The van der Waals surface area contributed by atoms with Crippen LogP contribution in [-0.4, -0.2) is 19.7 Å². The molecular formula is C17H16BrN5O2. The predicted octanol–water partition coefficient (Wildman–Crippen LogP) is 4.17. The van der Waals surface area contributed by atoms with Crippen molar-refractivity contribution in [2.75, 3.05) is 5.32 Å². The van der Waals surface area contributed by atoms with E-state index in [4.69, 9.17) is 0 Å². The van der Waals surface area contributed by atoms with Crippen LogP contribution in [0.5, 0.6) is 0 Å². The second-order valence-electron chi connectivity index (χ2n) is 5.60.